The Morgan fingerprint density at radius 1 is 1.00 bits per heavy atom. The topological polar surface area (TPSA) is 120 Å². The van der Waals surface area contributed by atoms with Crippen LogP contribution in [0.2, 0.25) is 0 Å². The fourth-order valence-electron chi connectivity index (χ4n) is 3.24. The summed E-state index contributed by atoms with van der Waals surface area (Å²) in [5.74, 6) is 0.339. The maximum absolute atomic E-state index is 12.4. The molecule has 0 fully saturated rings. The molecule has 0 aliphatic carbocycles. The third kappa shape index (κ3) is 3.97. The van der Waals surface area contributed by atoms with E-state index in [1.54, 1.807) is 59.5 Å². The zero-order valence-corrected chi connectivity index (χ0v) is 16.7. The Morgan fingerprint density at radius 3 is 2.62 bits per heavy atom. The molecule has 10 heteroatoms. The minimum absolute atomic E-state index is 0.146. The number of nitrogens with one attached hydrogen (secondary N) is 2. The van der Waals surface area contributed by atoms with Gasteiger partial charge >= 0.3 is 5.76 Å². The van der Waals surface area contributed by atoms with Crippen LogP contribution < -0.4 is 16.4 Å². The molecule has 2 N–H and O–H groups in total. The summed E-state index contributed by atoms with van der Waals surface area (Å²) < 4.78 is 8.10. The van der Waals surface area contributed by atoms with Crippen molar-refractivity contribution in [2.45, 2.75) is 6.54 Å². The molecule has 5 rings (SSSR count). The molecule has 0 saturated heterocycles. The number of fused-ring (bicyclic) bond motifs is 1. The first kappa shape index (κ1) is 19.2. The average Bonchev–Trinajstić information content (AvgIpc) is 3.44. The number of carbonyl (C=O) groups is 1. The van der Waals surface area contributed by atoms with E-state index in [1.807, 2.05) is 18.2 Å². The molecule has 158 valence electrons. The number of hydrogen-bond acceptors (Lipinski definition) is 7. The van der Waals surface area contributed by atoms with Crippen LogP contribution in [0.3, 0.4) is 0 Å². The number of carbonyl (C=O) groups excluding carboxylic acids is 1. The normalized spacial score (nSPS) is 10.9. The maximum Gasteiger partial charge on any atom is 0.420 e. The van der Waals surface area contributed by atoms with Crippen LogP contribution >= 0.6 is 0 Å². The van der Waals surface area contributed by atoms with Gasteiger partial charge in [0, 0.05) is 29.8 Å². The summed E-state index contributed by atoms with van der Waals surface area (Å²) >= 11 is 0. The minimum atomic E-state index is -0.569. The highest BCUT2D eigenvalue weighted by atomic mass is 16.4. The van der Waals surface area contributed by atoms with Gasteiger partial charge in [0.1, 0.15) is 18.7 Å². The Hall–Kier alpha value is -4.73. The second kappa shape index (κ2) is 8.19. The second-order valence-corrected chi connectivity index (χ2v) is 6.88. The van der Waals surface area contributed by atoms with Crippen LogP contribution in [-0.4, -0.2) is 30.2 Å². The van der Waals surface area contributed by atoms with Gasteiger partial charge in [-0.3, -0.25) is 9.36 Å². The van der Waals surface area contributed by atoms with Gasteiger partial charge in [-0.15, -0.1) is 0 Å². The highest BCUT2D eigenvalue weighted by Crippen LogP contribution is 2.19. The van der Waals surface area contributed by atoms with Crippen LogP contribution in [-0.2, 0) is 11.3 Å². The molecule has 32 heavy (non-hydrogen) atoms. The fourth-order valence-corrected chi connectivity index (χ4v) is 3.24. The molecule has 0 bridgehead atoms. The van der Waals surface area contributed by atoms with E-state index in [1.165, 1.54) is 10.9 Å². The van der Waals surface area contributed by atoms with Crippen LogP contribution in [0.4, 0.5) is 17.2 Å². The maximum atomic E-state index is 12.4. The third-order valence-electron chi connectivity index (χ3n) is 4.71. The van der Waals surface area contributed by atoms with E-state index in [4.69, 9.17) is 4.42 Å². The van der Waals surface area contributed by atoms with Gasteiger partial charge in [0.25, 0.3) is 0 Å². The molecule has 10 nitrogen and oxygen atoms in total. The molecule has 0 radical (unpaired) electrons. The van der Waals surface area contributed by atoms with E-state index in [0.29, 0.717) is 28.4 Å². The van der Waals surface area contributed by atoms with Crippen LogP contribution in [0, 0.1) is 0 Å². The molecular weight excluding hydrogens is 410 g/mol. The van der Waals surface area contributed by atoms with Crippen molar-refractivity contribution in [2.24, 2.45) is 0 Å². The molecule has 3 aromatic heterocycles. The van der Waals surface area contributed by atoms with Crippen molar-refractivity contribution in [3.05, 3.63) is 89.9 Å². The first-order valence-corrected chi connectivity index (χ1v) is 9.73. The summed E-state index contributed by atoms with van der Waals surface area (Å²) in [5.41, 5.74) is 2.40. The van der Waals surface area contributed by atoms with Crippen LogP contribution in [0.5, 0.6) is 0 Å². The quantitative estimate of drug-likeness (QED) is 0.427. The number of hydrogen-bond donors (Lipinski definition) is 2. The van der Waals surface area contributed by atoms with Gasteiger partial charge in [-0.1, -0.05) is 12.1 Å². The van der Waals surface area contributed by atoms with Crippen molar-refractivity contribution in [3.63, 3.8) is 0 Å². The number of para-hydroxylation sites is 2. The zero-order valence-electron chi connectivity index (χ0n) is 16.7. The minimum Gasteiger partial charge on any atom is -0.408 e. The van der Waals surface area contributed by atoms with E-state index in [-0.39, 0.29) is 12.5 Å². The van der Waals surface area contributed by atoms with Crippen molar-refractivity contribution in [1.29, 1.82) is 0 Å². The summed E-state index contributed by atoms with van der Waals surface area (Å²) in [6, 6.07) is 17.7. The van der Waals surface area contributed by atoms with E-state index >= 15 is 0 Å². The van der Waals surface area contributed by atoms with Gasteiger partial charge < -0.3 is 15.1 Å². The lowest BCUT2D eigenvalue weighted by molar-refractivity contribution is -0.116. The Morgan fingerprint density at radius 2 is 1.81 bits per heavy atom. The molecule has 3 heterocycles. The number of aromatic nitrogens is 5. The van der Waals surface area contributed by atoms with Gasteiger partial charge in [-0.05, 0) is 42.5 Å². The number of amides is 1. The summed E-state index contributed by atoms with van der Waals surface area (Å²) in [7, 11) is 0. The molecule has 0 spiro atoms. The van der Waals surface area contributed by atoms with Crippen molar-refractivity contribution in [2.75, 3.05) is 10.6 Å². The Labute approximate surface area is 181 Å². The number of anilines is 3. The molecule has 0 atom stereocenters. The molecule has 5 aromatic rings. The predicted molar refractivity (Wildman–Crippen MR) is 118 cm³/mol. The van der Waals surface area contributed by atoms with E-state index in [9.17, 15) is 9.59 Å². The highest BCUT2D eigenvalue weighted by Gasteiger charge is 2.12. The largest absolute Gasteiger partial charge is 0.420 e. The summed E-state index contributed by atoms with van der Waals surface area (Å²) in [6.07, 6.45) is 4.92. The SMILES string of the molecule is O=C(Cn1c(=O)oc2ccccc21)Nc1ccc(Nc2cc(-n3cccn3)ncn2)cc1. The first-order valence-electron chi connectivity index (χ1n) is 9.73. The molecule has 0 aliphatic rings. The zero-order chi connectivity index (χ0) is 21.9. The molecular formula is C22H17N7O3. The van der Waals surface area contributed by atoms with Crippen LogP contribution in [0.1, 0.15) is 0 Å². The first-order chi connectivity index (χ1) is 15.7. The van der Waals surface area contributed by atoms with Gasteiger partial charge in [-0.2, -0.15) is 5.10 Å². The lowest BCUT2D eigenvalue weighted by Gasteiger charge is -2.09. The van der Waals surface area contributed by atoms with E-state index < -0.39 is 5.76 Å². The number of benzene rings is 2. The van der Waals surface area contributed by atoms with Gasteiger partial charge in [0.15, 0.2) is 11.4 Å². The predicted octanol–water partition coefficient (Wildman–Crippen LogP) is 2.95. The lowest BCUT2D eigenvalue weighted by Crippen LogP contribution is -2.24. The monoisotopic (exact) mass is 427 g/mol. The van der Waals surface area contributed by atoms with Gasteiger partial charge in [0.2, 0.25) is 5.91 Å². The van der Waals surface area contributed by atoms with E-state index in [2.05, 4.69) is 25.7 Å². The number of rotatable bonds is 6. The van der Waals surface area contributed by atoms with Crippen molar-refractivity contribution in [3.8, 4) is 5.82 Å². The smallest absolute Gasteiger partial charge is 0.408 e. The fraction of sp³-hybridized carbons (Fsp3) is 0.0455. The molecule has 2 aromatic carbocycles. The molecule has 0 saturated carbocycles. The average molecular weight is 427 g/mol. The third-order valence-corrected chi connectivity index (χ3v) is 4.71. The highest BCUT2D eigenvalue weighted by molar-refractivity contribution is 5.91. The lowest BCUT2D eigenvalue weighted by atomic mass is 10.2. The Balaban J connectivity index is 1.25. The Bertz CT molecular complexity index is 1440. The second-order valence-electron chi connectivity index (χ2n) is 6.88. The van der Waals surface area contributed by atoms with Crippen LogP contribution in [0.15, 0.2) is 88.6 Å². The number of nitrogens with zero attached hydrogens (tertiary/aromatic N) is 5. The van der Waals surface area contributed by atoms with Crippen molar-refractivity contribution in [1.82, 2.24) is 24.3 Å². The number of oxazole rings is 1. The van der Waals surface area contributed by atoms with Crippen LogP contribution in [0.25, 0.3) is 16.9 Å². The summed E-state index contributed by atoms with van der Waals surface area (Å²) in [6.45, 7) is -0.146. The van der Waals surface area contributed by atoms with Crippen molar-refractivity contribution >= 4 is 34.2 Å². The Kier molecular flexibility index (Phi) is 4.92. The van der Waals surface area contributed by atoms with Gasteiger partial charge in [0.05, 0.1) is 5.52 Å². The van der Waals surface area contributed by atoms with Gasteiger partial charge in [-0.25, -0.2) is 19.4 Å². The molecule has 0 unspecified atom stereocenters. The molecule has 0 aliphatic heterocycles. The van der Waals surface area contributed by atoms with Crippen molar-refractivity contribution < 1.29 is 9.21 Å². The summed E-state index contributed by atoms with van der Waals surface area (Å²) in [5, 5.41) is 10.1. The summed E-state index contributed by atoms with van der Waals surface area (Å²) in [4.78, 5) is 32.9. The molecule has 1 amide bonds. The van der Waals surface area contributed by atoms with E-state index in [0.717, 1.165) is 5.69 Å². The standard InChI is InChI=1S/C22H17N7O3/c30-21(13-28-17-4-1-2-5-18(17)32-22(28)31)27-16-8-6-15(7-9-16)26-19-12-20(24-14-23-19)29-11-3-10-25-29/h1-12,14H,13H2,(H,27,30)(H,23,24,26).